The number of benzene rings is 2. The standard InChI is InChI=1S/C22H23NO6/c24-12-19(22(27)28)23-20(25)11-16-7-6-15-10-17(8-9-18(15)21(16)26)29-13-14-4-2-1-3-5-14/h1-5,8-10,16,19,24H,6-7,11-13H2,(H,23,25)(H,27,28)/t16?,19-/m0/s1. The van der Waals surface area contributed by atoms with Crippen molar-refractivity contribution in [3.8, 4) is 5.75 Å². The number of carboxylic acid groups (broad SMARTS) is 1. The molecule has 0 aliphatic heterocycles. The lowest BCUT2D eigenvalue weighted by Crippen LogP contribution is -2.44. The number of carbonyl (C=O) groups is 3. The molecule has 29 heavy (non-hydrogen) atoms. The molecule has 0 bridgehead atoms. The lowest BCUT2D eigenvalue weighted by molar-refractivity contribution is -0.143. The van der Waals surface area contributed by atoms with Gasteiger partial charge in [0, 0.05) is 17.9 Å². The third-order valence-electron chi connectivity index (χ3n) is 4.97. The number of fused-ring (bicyclic) bond motifs is 1. The molecule has 3 rings (SSSR count). The first kappa shape index (κ1) is 20.5. The normalized spacial score (nSPS) is 16.6. The van der Waals surface area contributed by atoms with Crippen LogP contribution in [0.5, 0.6) is 5.75 Å². The number of hydrogen-bond acceptors (Lipinski definition) is 5. The zero-order chi connectivity index (χ0) is 20.8. The van der Waals surface area contributed by atoms with Crippen LogP contribution in [0, 0.1) is 5.92 Å². The molecule has 1 aliphatic rings. The zero-order valence-corrected chi connectivity index (χ0v) is 15.8. The molecule has 152 valence electrons. The highest BCUT2D eigenvalue weighted by molar-refractivity contribution is 6.02. The van der Waals surface area contributed by atoms with Gasteiger partial charge < -0.3 is 20.3 Å². The van der Waals surface area contributed by atoms with Gasteiger partial charge in [0.2, 0.25) is 5.91 Å². The lowest BCUT2D eigenvalue weighted by Gasteiger charge is -2.24. The number of Topliss-reactive ketones (excluding diaryl/α,β-unsaturated/α-hetero) is 1. The fourth-order valence-corrected chi connectivity index (χ4v) is 3.39. The maximum Gasteiger partial charge on any atom is 0.328 e. The molecule has 0 saturated heterocycles. The number of aliphatic hydroxyl groups excluding tert-OH is 1. The molecular formula is C22H23NO6. The Morgan fingerprint density at radius 3 is 2.62 bits per heavy atom. The summed E-state index contributed by atoms with van der Waals surface area (Å²) in [6.45, 7) is -0.264. The van der Waals surface area contributed by atoms with Gasteiger partial charge in [0.25, 0.3) is 0 Å². The van der Waals surface area contributed by atoms with Gasteiger partial charge in [0.1, 0.15) is 18.4 Å². The van der Waals surface area contributed by atoms with Crippen molar-refractivity contribution in [1.82, 2.24) is 5.32 Å². The second-order valence-electron chi connectivity index (χ2n) is 7.04. The van der Waals surface area contributed by atoms with Gasteiger partial charge >= 0.3 is 5.97 Å². The Hall–Kier alpha value is -3.19. The van der Waals surface area contributed by atoms with E-state index in [1.807, 2.05) is 36.4 Å². The molecule has 0 aromatic heterocycles. The van der Waals surface area contributed by atoms with E-state index < -0.39 is 30.4 Å². The Kier molecular flexibility index (Phi) is 6.61. The van der Waals surface area contributed by atoms with Gasteiger partial charge in [-0.1, -0.05) is 30.3 Å². The van der Waals surface area contributed by atoms with E-state index in [2.05, 4.69) is 5.32 Å². The predicted octanol–water partition coefficient (Wildman–Crippen LogP) is 1.96. The average molecular weight is 397 g/mol. The molecule has 7 heteroatoms. The van der Waals surface area contributed by atoms with Crippen LogP contribution < -0.4 is 10.1 Å². The number of amides is 1. The van der Waals surface area contributed by atoms with Crippen LogP contribution in [0.25, 0.3) is 0 Å². The summed E-state index contributed by atoms with van der Waals surface area (Å²) in [6.07, 6.45) is 1.02. The highest BCUT2D eigenvalue weighted by atomic mass is 16.5. The van der Waals surface area contributed by atoms with E-state index in [1.54, 1.807) is 12.1 Å². The molecule has 2 atom stereocenters. The summed E-state index contributed by atoms with van der Waals surface area (Å²) in [6, 6.07) is 13.7. The average Bonchev–Trinajstić information content (AvgIpc) is 2.73. The number of ketones is 1. The van der Waals surface area contributed by atoms with Crippen molar-refractivity contribution in [2.24, 2.45) is 5.92 Å². The molecule has 2 aromatic carbocycles. The summed E-state index contributed by atoms with van der Waals surface area (Å²) in [5.74, 6) is -1.83. The smallest absolute Gasteiger partial charge is 0.328 e. The Morgan fingerprint density at radius 1 is 1.17 bits per heavy atom. The summed E-state index contributed by atoms with van der Waals surface area (Å²) in [5.41, 5.74) is 2.50. The number of carboxylic acids is 1. The molecule has 0 heterocycles. The quantitative estimate of drug-likeness (QED) is 0.628. The molecule has 7 nitrogen and oxygen atoms in total. The van der Waals surface area contributed by atoms with E-state index in [1.165, 1.54) is 0 Å². The Balaban J connectivity index is 1.61. The van der Waals surface area contributed by atoms with E-state index in [9.17, 15) is 14.4 Å². The van der Waals surface area contributed by atoms with E-state index in [-0.39, 0.29) is 12.2 Å². The number of aryl methyl sites for hydroxylation is 1. The second-order valence-corrected chi connectivity index (χ2v) is 7.04. The largest absolute Gasteiger partial charge is 0.489 e. The Bertz CT molecular complexity index is 895. The molecule has 1 aliphatic carbocycles. The van der Waals surface area contributed by atoms with Crippen LogP contribution in [0.15, 0.2) is 48.5 Å². The van der Waals surface area contributed by atoms with Crippen molar-refractivity contribution < 1.29 is 29.3 Å². The van der Waals surface area contributed by atoms with E-state index in [4.69, 9.17) is 14.9 Å². The van der Waals surface area contributed by atoms with Gasteiger partial charge in [0.15, 0.2) is 5.78 Å². The molecule has 0 fully saturated rings. The molecule has 2 aromatic rings. The number of nitrogens with one attached hydrogen (secondary N) is 1. The summed E-state index contributed by atoms with van der Waals surface area (Å²) in [7, 11) is 0. The first-order valence-corrected chi connectivity index (χ1v) is 9.45. The number of aliphatic hydroxyl groups is 1. The molecule has 1 unspecified atom stereocenters. The van der Waals surface area contributed by atoms with Crippen LogP contribution in [0.4, 0.5) is 0 Å². The number of aliphatic carboxylic acids is 1. The van der Waals surface area contributed by atoms with Crippen molar-refractivity contribution in [1.29, 1.82) is 0 Å². The van der Waals surface area contributed by atoms with Gasteiger partial charge in [0.05, 0.1) is 6.61 Å². The molecule has 0 saturated carbocycles. The number of hydrogen-bond donors (Lipinski definition) is 3. The van der Waals surface area contributed by atoms with Crippen LogP contribution in [0.3, 0.4) is 0 Å². The molecular weight excluding hydrogens is 374 g/mol. The Labute approximate surface area is 168 Å². The third kappa shape index (κ3) is 5.20. The first-order valence-electron chi connectivity index (χ1n) is 9.45. The van der Waals surface area contributed by atoms with Crippen molar-refractivity contribution in [3.05, 3.63) is 65.2 Å². The van der Waals surface area contributed by atoms with Gasteiger partial charge in [-0.25, -0.2) is 4.79 Å². The SMILES string of the molecule is O=C(CC1CCc2cc(OCc3ccccc3)ccc2C1=O)N[C@@H](CO)C(=O)O. The molecule has 3 N–H and O–H groups in total. The lowest BCUT2D eigenvalue weighted by atomic mass is 9.81. The fraction of sp³-hybridized carbons (Fsp3) is 0.318. The minimum atomic E-state index is -1.36. The molecule has 0 radical (unpaired) electrons. The highest BCUT2D eigenvalue weighted by Gasteiger charge is 2.30. The van der Waals surface area contributed by atoms with Gasteiger partial charge in [-0.2, -0.15) is 0 Å². The van der Waals surface area contributed by atoms with Crippen molar-refractivity contribution in [2.45, 2.75) is 31.9 Å². The predicted molar refractivity (Wildman–Crippen MR) is 105 cm³/mol. The van der Waals surface area contributed by atoms with Crippen LogP contribution in [-0.2, 0) is 22.6 Å². The third-order valence-corrected chi connectivity index (χ3v) is 4.97. The van der Waals surface area contributed by atoms with Crippen molar-refractivity contribution >= 4 is 17.7 Å². The van der Waals surface area contributed by atoms with Crippen molar-refractivity contribution in [3.63, 3.8) is 0 Å². The van der Waals surface area contributed by atoms with E-state index in [0.717, 1.165) is 11.1 Å². The first-order chi connectivity index (χ1) is 14.0. The van der Waals surface area contributed by atoms with Gasteiger partial charge in [-0.15, -0.1) is 0 Å². The maximum absolute atomic E-state index is 12.7. The minimum Gasteiger partial charge on any atom is -0.489 e. The number of ether oxygens (including phenoxy) is 1. The van der Waals surface area contributed by atoms with E-state index >= 15 is 0 Å². The van der Waals surface area contributed by atoms with Crippen LogP contribution in [0.1, 0.15) is 34.3 Å². The molecule has 1 amide bonds. The highest BCUT2D eigenvalue weighted by Crippen LogP contribution is 2.30. The number of rotatable bonds is 8. The van der Waals surface area contributed by atoms with Gasteiger partial charge in [-0.05, 0) is 42.2 Å². The van der Waals surface area contributed by atoms with E-state index in [0.29, 0.717) is 30.8 Å². The zero-order valence-electron chi connectivity index (χ0n) is 15.8. The summed E-state index contributed by atoms with van der Waals surface area (Å²) in [5, 5.41) is 20.1. The van der Waals surface area contributed by atoms with Crippen LogP contribution in [0.2, 0.25) is 0 Å². The number of carbonyl (C=O) groups excluding carboxylic acids is 2. The summed E-state index contributed by atoms with van der Waals surface area (Å²) in [4.78, 5) is 35.7. The molecule has 0 spiro atoms. The van der Waals surface area contributed by atoms with Crippen LogP contribution in [-0.4, -0.2) is 40.5 Å². The maximum atomic E-state index is 12.7. The minimum absolute atomic E-state index is 0.103. The van der Waals surface area contributed by atoms with Crippen molar-refractivity contribution in [2.75, 3.05) is 6.61 Å². The summed E-state index contributed by atoms with van der Waals surface area (Å²) < 4.78 is 5.81. The second kappa shape index (κ2) is 9.34. The van der Waals surface area contributed by atoms with Gasteiger partial charge in [-0.3, -0.25) is 9.59 Å². The summed E-state index contributed by atoms with van der Waals surface area (Å²) >= 11 is 0. The topological polar surface area (TPSA) is 113 Å². The van der Waals surface area contributed by atoms with Crippen LogP contribution >= 0.6 is 0 Å². The fourth-order valence-electron chi connectivity index (χ4n) is 3.39. The Morgan fingerprint density at radius 2 is 1.93 bits per heavy atom. The monoisotopic (exact) mass is 397 g/mol.